The Morgan fingerprint density at radius 2 is 0.803 bits per heavy atom. The van der Waals surface area contributed by atoms with Gasteiger partial charge in [-0.15, -0.1) is 0 Å². The van der Waals surface area contributed by atoms with E-state index in [0.29, 0.717) is 39.3 Å². The van der Waals surface area contributed by atoms with Gasteiger partial charge in [-0.3, -0.25) is 9.59 Å². The van der Waals surface area contributed by atoms with Gasteiger partial charge in [0.25, 0.3) is 0 Å². The van der Waals surface area contributed by atoms with Crippen molar-refractivity contribution in [2.24, 2.45) is 0 Å². The molecular formula is C48H96O10Si3. The molecule has 0 fully saturated rings. The van der Waals surface area contributed by atoms with E-state index in [1.807, 2.05) is 0 Å². The fraction of sp³-hybridized carbons (Fsp3) is 0.875. The zero-order chi connectivity index (χ0) is 45.5. The Morgan fingerprint density at radius 3 is 1.18 bits per heavy atom. The van der Waals surface area contributed by atoms with Crippen LogP contribution in [0.25, 0.3) is 0 Å². The van der Waals surface area contributed by atoms with E-state index in [-0.39, 0.29) is 24.1 Å². The summed E-state index contributed by atoms with van der Waals surface area (Å²) < 4.78 is 47.8. The minimum Gasteiger partial charge on any atom is -0.463 e. The van der Waals surface area contributed by atoms with Gasteiger partial charge in [-0.1, -0.05) is 128 Å². The van der Waals surface area contributed by atoms with E-state index < -0.39 is 25.7 Å². The van der Waals surface area contributed by atoms with Gasteiger partial charge in [0.05, 0.1) is 25.4 Å². The highest BCUT2D eigenvalue weighted by Crippen LogP contribution is 2.27. The normalized spacial score (nSPS) is 13.7. The lowest BCUT2D eigenvalue weighted by atomic mass is 10.1. The van der Waals surface area contributed by atoms with Crippen molar-refractivity contribution in [2.75, 3.05) is 40.6 Å². The minimum atomic E-state index is -2.57. The fourth-order valence-corrected chi connectivity index (χ4v) is 20.0. The molecule has 0 rings (SSSR count). The summed E-state index contributed by atoms with van der Waals surface area (Å²) in [5, 5.41) is 0. The second-order valence-corrected chi connectivity index (χ2v) is 28.5. The molecule has 0 radical (unpaired) electrons. The van der Waals surface area contributed by atoms with Gasteiger partial charge in [0.1, 0.15) is 13.2 Å². The number of rotatable bonds is 44. The molecule has 0 bridgehead atoms. The van der Waals surface area contributed by atoms with E-state index in [2.05, 4.69) is 77.4 Å². The Balaban J connectivity index is 4.99. The maximum atomic E-state index is 11.8. The van der Waals surface area contributed by atoms with Crippen molar-refractivity contribution in [1.29, 1.82) is 0 Å². The van der Waals surface area contributed by atoms with Crippen molar-refractivity contribution in [2.45, 2.75) is 232 Å². The Labute approximate surface area is 379 Å². The molecule has 0 unspecified atom stereocenters. The molecule has 0 aromatic carbocycles. The molecule has 13 heteroatoms. The van der Waals surface area contributed by atoms with Crippen LogP contribution in [0.1, 0.15) is 181 Å². The molecule has 0 aliphatic rings. The molecule has 10 nitrogen and oxygen atoms in total. The lowest BCUT2D eigenvalue weighted by Crippen LogP contribution is -2.55. The second-order valence-electron chi connectivity index (χ2n) is 18.0. The van der Waals surface area contributed by atoms with Crippen molar-refractivity contribution in [3.05, 3.63) is 24.3 Å². The van der Waals surface area contributed by atoms with Crippen LogP contribution >= 0.6 is 0 Å². The highest BCUT2D eigenvalue weighted by Gasteiger charge is 2.43. The predicted octanol–water partition coefficient (Wildman–Crippen LogP) is 13.6. The maximum Gasteiger partial charge on any atom is 0.323 e. The first kappa shape index (κ1) is 59.8. The molecule has 0 heterocycles. The summed E-state index contributed by atoms with van der Waals surface area (Å²) >= 11 is 0. The molecule has 0 saturated carbocycles. The summed E-state index contributed by atoms with van der Waals surface area (Å²) in [4.78, 5) is 23.5. The smallest absolute Gasteiger partial charge is 0.323 e. The van der Waals surface area contributed by atoms with Gasteiger partial charge in [0.15, 0.2) is 0 Å². The average Bonchev–Trinajstić information content (AvgIpc) is 3.18. The Kier molecular flexibility index (Phi) is 38.5. The molecule has 0 aliphatic heterocycles. The average molecular weight is 918 g/mol. The standard InChI is InChI=1S/C48H96O10Si3/c1-11-13-15-29-35-45(37-31-25-21-17-19-23-27-33-39-47(49)53-43-41-51-3)55-59(5,6)57-61(9,10)58-60(7,8)56-46(36-30-16-14-12-2)38-32-26-22-18-20-24-28-34-40-48(50)54-44-42-52-4/h25-26,31-32,45-46H,11-24,27-30,33-44H2,1-10H3/b31-25-,32-26-/t45-,46-/m1/s1. The van der Waals surface area contributed by atoms with Crippen LogP contribution in [0.4, 0.5) is 0 Å². The number of carbonyl (C=O) groups excluding carboxylic acids is 2. The van der Waals surface area contributed by atoms with E-state index in [4.69, 9.17) is 36.0 Å². The lowest BCUT2D eigenvalue weighted by molar-refractivity contribution is -0.145. The molecule has 0 aromatic rings. The van der Waals surface area contributed by atoms with E-state index in [0.717, 1.165) is 89.9 Å². The quantitative estimate of drug-likeness (QED) is 0.0254. The summed E-state index contributed by atoms with van der Waals surface area (Å²) in [7, 11) is -4.39. The molecule has 0 aliphatic carbocycles. The first-order valence-electron chi connectivity index (χ1n) is 24.5. The van der Waals surface area contributed by atoms with E-state index in [1.54, 1.807) is 14.2 Å². The number of esters is 2. The molecule has 0 amide bonds. The number of hydrogen-bond donors (Lipinski definition) is 0. The first-order valence-corrected chi connectivity index (χ1v) is 33.0. The summed E-state index contributed by atoms with van der Waals surface area (Å²) in [5.41, 5.74) is 0. The van der Waals surface area contributed by atoms with Gasteiger partial charge in [-0.2, -0.15) is 0 Å². The van der Waals surface area contributed by atoms with E-state index >= 15 is 0 Å². The van der Waals surface area contributed by atoms with E-state index in [9.17, 15) is 9.59 Å². The topological polar surface area (TPSA) is 108 Å². The predicted molar refractivity (Wildman–Crippen MR) is 260 cm³/mol. The van der Waals surface area contributed by atoms with Gasteiger partial charge < -0.3 is 36.0 Å². The molecule has 0 spiro atoms. The molecule has 0 N–H and O–H groups in total. The molecular weight excluding hydrogens is 821 g/mol. The minimum absolute atomic E-state index is 0.123. The van der Waals surface area contributed by atoms with Gasteiger partial charge in [0.2, 0.25) is 0 Å². The van der Waals surface area contributed by atoms with Crippen molar-refractivity contribution >= 4 is 37.6 Å². The van der Waals surface area contributed by atoms with Gasteiger partial charge in [-0.25, -0.2) is 0 Å². The summed E-state index contributed by atoms with van der Waals surface area (Å²) in [6, 6.07) is 0. The summed E-state index contributed by atoms with van der Waals surface area (Å²) in [6.07, 6.45) is 37.2. The van der Waals surface area contributed by atoms with Crippen molar-refractivity contribution < 1.29 is 45.6 Å². The number of unbranched alkanes of at least 4 members (excludes halogenated alkanes) is 16. The lowest BCUT2D eigenvalue weighted by Gasteiger charge is -2.40. The highest BCUT2D eigenvalue weighted by atomic mass is 28.5. The third-order valence-electron chi connectivity index (χ3n) is 10.4. The van der Waals surface area contributed by atoms with E-state index in [1.165, 1.54) is 64.2 Å². The third-order valence-corrected chi connectivity index (χ3v) is 20.0. The Morgan fingerprint density at radius 1 is 0.443 bits per heavy atom. The number of hydrogen-bond acceptors (Lipinski definition) is 10. The van der Waals surface area contributed by atoms with Crippen molar-refractivity contribution in [3.8, 4) is 0 Å². The molecule has 2 atom stereocenters. The zero-order valence-electron chi connectivity index (χ0n) is 41.3. The number of carbonyl (C=O) groups is 2. The van der Waals surface area contributed by atoms with Crippen LogP contribution in [0.2, 0.25) is 39.3 Å². The second kappa shape index (κ2) is 39.2. The molecule has 0 aromatic heterocycles. The van der Waals surface area contributed by atoms with Crippen LogP contribution in [0.15, 0.2) is 24.3 Å². The SMILES string of the molecule is CCCCCC[C@H](C/C=C\CCCCCCCC(=O)OCCOC)O[Si](C)(C)O[Si](C)(C)O[Si](C)(C)O[C@@H](C/C=C\CCCCCCCC(=O)OCCOC)CCCCCC. The van der Waals surface area contributed by atoms with Crippen LogP contribution in [0.3, 0.4) is 0 Å². The molecule has 360 valence electrons. The molecule has 61 heavy (non-hydrogen) atoms. The van der Waals surface area contributed by atoms with Crippen LogP contribution in [0.5, 0.6) is 0 Å². The van der Waals surface area contributed by atoms with Crippen LogP contribution in [-0.2, 0) is 45.6 Å². The monoisotopic (exact) mass is 917 g/mol. The number of ether oxygens (including phenoxy) is 4. The van der Waals surface area contributed by atoms with Gasteiger partial charge in [-0.05, 0) is 103 Å². The molecule has 0 saturated heterocycles. The Bertz CT molecular complexity index is 1020. The van der Waals surface area contributed by atoms with Crippen molar-refractivity contribution in [1.82, 2.24) is 0 Å². The van der Waals surface area contributed by atoms with Crippen LogP contribution in [0, 0.1) is 0 Å². The zero-order valence-corrected chi connectivity index (χ0v) is 44.3. The van der Waals surface area contributed by atoms with Gasteiger partial charge in [0, 0.05) is 27.1 Å². The summed E-state index contributed by atoms with van der Waals surface area (Å²) in [6.45, 7) is 19.2. The fourth-order valence-electron chi connectivity index (χ4n) is 7.58. The summed E-state index contributed by atoms with van der Waals surface area (Å²) in [5.74, 6) is -0.247. The highest BCUT2D eigenvalue weighted by molar-refractivity contribution is 6.84. The van der Waals surface area contributed by atoms with Crippen LogP contribution < -0.4 is 0 Å². The van der Waals surface area contributed by atoms with Crippen molar-refractivity contribution in [3.63, 3.8) is 0 Å². The van der Waals surface area contributed by atoms with Crippen LogP contribution in [-0.4, -0.2) is 90.5 Å². The maximum absolute atomic E-state index is 11.8. The number of allylic oxidation sites excluding steroid dienone is 2. The van der Waals surface area contributed by atoms with Gasteiger partial charge >= 0.3 is 37.6 Å². The third kappa shape index (κ3) is 40.1. The first-order chi connectivity index (χ1) is 29.2. The Hall–Kier alpha value is -1.17. The number of methoxy groups -OCH3 is 2. The largest absolute Gasteiger partial charge is 0.463 e.